The van der Waals surface area contributed by atoms with Crippen LogP contribution in [-0.4, -0.2) is 34.7 Å². The highest BCUT2D eigenvalue weighted by Crippen LogP contribution is 2.29. The van der Waals surface area contributed by atoms with Gasteiger partial charge < -0.3 is 5.32 Å². The molecule has 2 aromatic rings. The topological polar surface area (TPSA) is 67.2 Å². The van der Waals surface area contributed by atoms with Gasteiger partial charge in [0.25, 0.3) is 0 Å². The molecule has 152 valence electrons. The zero-order valence-electron chi connectivity index (χ0n) is 16.4. The van der Waals surface area contributed by atoms with Crippen molar-refractivity contribution in [1.29, 1.82) is 0 Å². The minimum absolute atomic E-state index is 0.0125. The van der Waals surface area contributed by atoms with Crippen LogP contribution in [-0.2, 0) is 16.1 Å². The lowest BCUT2D eigenvalue weighted by Gasteiger charge is -2.26. The summed E-state index contributed by atoms with van der Waals surface area (Å²) in [5, 5.41) is 8.19. The number of allylic oxidation sites excluding steroid dienone is 1. The van der Waals surface area contributed by atoms with Gasteiger partial charge in [0.2, 0.25) is 11.8 Å². The Morgan fingerprint density at radius 1 is 1.21 bits per heavy atom. The number of benzene rings is 1. The van der Waals surface area contributed by atoms with Crippen LogP contribution in [0.2, 0.25) is 5.02 Å². The van der Waals surface area contributed by atoms with E-state index in [9.17, 15) is 9.59 Å². The predicted molar refractivity (Wildman–Crippen MR) is 114 cm³/mol. The summed E-state index contributed by atoms with van der Waals surface area (Å²) in [6, 6.07) is 9.30. The van der Waals surface area contributed by atoms with Gasteiger partial charge in [-0.25, -0.2) is 4.68 Å². The molecular formula is C22H25ClN4O2. The van der Waals surface area contributed by atoms with E-state index in [1.54, 1.807) is 4.68 Å². The third-order valence-electron chi connectivity index (χ3n) is 5.45. The Bertz CT molecular complexity index is 950. The second-order valence-electron chi connectivity index (χ2n) is 7.56. The molecule has 0 atom stereocenters. The number of hydrogen-bond acceptors (Lipinski definition) is 3. The van der Waals surface area contributed by atoms with Crippen LogP contribution >= 0.6 is 11.6 Å². The van der Waals surface area contributed by atoms with Gasteiger partial charge in [0.05, 0.1) is 12.2 Å². The van der Waals surface area contributed by atoms with Gasteiger partial charge in [0.1, 0.15) is 12.4 Å². The number of aromatic nitrogens is 2. The van der Waals surface area contributed by atoms with Gasteiger partial charge in [-0.3, -0.25) is 14.5 Å². The fourth-order valence-electron chi connectivity index (χ4n) is 3.90. The van der Waals surface area contributed by atoms with Gasteiger partial charge in [0, 0.05) is 29.6 Å². The maximum atomic E-state index is 12.5. The molecule has 0 saturated carbocycles. The molecule has 0 unspecified atom stereocenters. The van der Waals surface area contributed by atoms with Crippen molar-refractivity contribution in [2.24, 2.45) is 0 Å². The van der Waals surface area contributed by atoms with Gasteiger partial charge >= 0.3 is 0 Å². The van der Waals surface area contributed by atoms with E-state index < -0.39 is 0 Å². The molecule has 0 bridgehead atoms. The molecule has 2 amide bonds. The number of rotatable bonds is 6. The lowest BCUT2D eigenvalue weighted by molar-refractivity contribution is -0.124. The number of carbonyl (C=O) groups is 2. The van der Waals surface area contributed by atoms with Gasteiger partial charge in [-0.1, -0.05) is 35.4 Å². The third kappa shape index (κ3) is 4.70. The Hall–Kier alpha value is -2.60. The zero-order valence-corrected chi connectivity index (χ0v) is 17.1. The van der Waals surface area contributed by atoms with Crippen LogP contribution in [0.1, 0.15) is 38.5 Å². The van der Waals surface area contributed by atoms with E-state index in [-0.39, 0.29) is 18.4 Å². The Kier molecular flexibility index (Phi) is 6.00. The molecule has 2 aliphatic rings. The number of aryl methyl sites for hydroxylation is 1. The summed E-state index contributed by atoms with van der Waals surface area (Å²) in [7, 11) is 0. The second kappa shape index (κ2) is 8.82. The van der Waals surface area contributed by atoms with Crippen LogP contribution in [0.25, 0.3) is 11.3 Å². The average Bonchev–Trinajstić information content (AvgIpc) is 3.16. The molecule has 0 fully saturated rings. The summed E-state index contributed by atoms with van der Waals surface area (Å²) >= 11 is 6.09. The van der Waals surface area contributed by atoms with Crippen molar-refractivity contribution in [3.8, 4) is 11.3 Å². The molecule has 1 aromatic heterocycles. The van der Waals surface area contributed by atoms with Crippen LogP contribution < -0.4 is 10.2 Å². The van der Waals surface area contributed by atoms with Crippen LogP contribution in [0.4, 0.5) is 5.82 Å². The van der Waals surface area contributed by atoms with Crippen molar-refractivity contribution in [1.82, 2.24) is 15.1 Å². The number of halogens is 1. The Morgan fingerprint density at radius 3 is 2.90 bits per heavy atom. The predicted octanol–water partition coefficient (Wildman–Crippen LogP) is 3.95. The lowest BCUT2D eigenvalue weighted by atomic mass is 9.97. The van der Waals surface area contributed by atoms with Gasteiger partial charge in [-0.2, -0.15) is 5.10 Å². The molecule has 4 rings (SSSR count). The molecule has 29 heavy (non-hydrogen) atoms. The highest BCUT2D eigenvalue weighted by atomic mass is 35.5. The van der Waals surface area contributed by atoms with Crippen molar-refractivity contribution in [3.05, 3.63) is 47.0 Å². The third-order valence-corrected chi connectivity index (χ3v) is 5.68. The normalized spacial score (nSPS) is 16.4. The summed E-state index contributed by atoms with van der Waals surface area (Å²) in [4.78, 5) is 26.5. The highest BCUT2D eigenvalue weighted by Gasteiger charge is 2.28. The quantitative estimate of drug-likeness (QED) is 0.730. The Balaban J connectivity index is 1.42. The fraction of sp³-hybridized carbons (Fsp3) is 0.409. The highest BCUT2D eigenvalue weighted by molar-refractivity contribution is 6.30. The summed E-state index contributed by atoms with van der Waals surface area (Å²) in [5.74, 6) is 0.454. The maximum absolute atomic E-state index is 12.5. The standard InChI is InChI=1S/C22H25ClN4O2/c23-18-8-4-7-17(13-18)19-14-21-26(22(29)10-12-27(21)25-19)15-20(28)24-11-9-16-5-2-1-3-6-16/h4-5,7-8,13-14H,1-3,6,9-12,15H2,(H,24,28). The Labute approximate surface area is 175 Å². The average molecular weight is 413 g/mol. The first kappa shape index (κ1) is 19.7. The molecule has 7 heteroatoms. The van der Waals surface area contributed by atoms with Crippen LogP contribution in [0, 0.1) is 0 Å². The molecule has 1 aromatic carbocycles. The smallest absolute Gasteiger partial charge is 0.240 e. The van der Waals surface area contributed by atoms with Gasteiger partial charge in [0.15, 0.2) is 0 Å². The minimum atomic E-state index is -0.145. The van der Waals surface area contributed by atoms with E-state index >= 15 is 0 Å². The van der Waals surface area contributed by atoms with Crippen molar-refractivity contribution in [3.63, 3.8) is 0 Å². The van der Waals surface area contributed by atoms with E-state index in [4.69, 9.17) is 11.6 Å². The number of hydrogen-bond donors (Lipinski definition) is 1. The zero-order chi connectivity index (χ0) is 20.2. The summed E-state index contributed by atoms with van der Waals surface area (Å²) in [6.45, 7) is 1.14. The van der Waals surface area contributed by atoms with E-state index in [0.29, 0.717) is 30.4 Å². The van der Waals surface area contributed by atoms with Crippen molar-refractivity contribution >= 4 is 29.2 Å². The summed E-state index contributed by atoms with van der Waals surface area (Å²) in [6.07, 6.45) is 8.29. The van der Waals surface area contributed by atoms with E-state index in [2.05, 4.69) is 16.5 Å². The first-order valence-electron chi connectivity index (χ1n) is 10.2. The molecule has 0 saturated heterocycles. The fourth-order valence-corrected chi connectivity index (χ4v) is 4.10. The summed E-state index contributed by atoms with van der Waals surface area (Å²) < 4.78 is 1.79. The van der Waals surface area contributed by atoms with Crippen molar-refractivity contribution in [2.75, 3.05) is 18.0 Å². The first-order chi connectivity index (χ1) is 14.1. The molecule has 6 nitrogen and oxygen atoms in total. The largest absolute Gasteiger partial charge is 0.354 e. The molecule has 2 heterocycles. The lowest BCUT2D eigenvalue weighted by Crippen LogP contribution is -2.44. The maximum Gasteiger partial charge on any atom is 0.240 e. The molecule has 1 aliphatic heterocycles. The van der Waals surface area contributed by atoms with Crippen LogP contribution in [0.5, 0.6) is 0 Å². The van der Waals surface area contributed by atoms with E-state index in [0.717, 1.165) is 30.5 Å². The number of nitrogens with zero attached hydrogens (tertiary/aromatic N) is 3. The number of fused-ring (bicyclic) bond motifs is 1. The number of nitrogens with one attached hydrogen (secondary N) is 1. The van der Waals surface area contributed by atoms with E-state index in [1.807, 2.05) is 30.3 Å². The molecule has 1 N–H and O–H groups in total. The number of carbonyl (C=O) groups excluding carboxylic acids is 2. The van der Waals surface area contributed by atoms with Crippen LogP contribution in [0.3, 0.4) is 0 Å². The van der Waals surface area contributed by atoms with Crippen molar-refractivity contribution in [2.45, 2.75) is 45.1 Å². The number of anilines is 1. The minimum Gasteiger partial charge on any atom is -0.354 e. The molecular weight excluding hydrogens is 388 g/mol. The van der Waals surface area contributed by atoms with Gasteiger partial charge in [-0.05, 0) is 44.2 Å². The molecule has 0 spiro atoms. The van der Waals surface area contributed by atoms with E-state index in [1.165, 1.54) is 23.3 Å². The molecule has 0 radical (unpaired) electrons. The SMILES string of the molecule is O=C(CN1C(=O)CCn2nc(-c3cccc(Cl)c3)cc21)NCCC1=CCCCC1. The van der Waals surface area contributed by atoms with Crippen molar-refractivity contribution < 1.29 is 9.59 Å². The first-order valence-corrected chi connectivity index (χ1v) is 10.6. The van der Waals surface area contributed by atoms with Gasteiger partial charge in [-0.15, -0.1) is 0 Å². The monoisotopic (exact) mass is 412 g/mol. The Morgan fingerprint density at radius 2 is 2.10 bits per heavy atom. The number of amides is 2. The molecule has 1 aliphatic carbocycles. The van der Waals surface area contributed by atoms with Crippen LogP contribution in [0.15, 0.2) is 42.0 Å². The second-order valence-corrected chi connectivity index (χ2v) is 8.00. The summed E-state index contributed by atoms with van der Waals surface area (Å²) in [5.41, 5.74) is 3.05.